The molecule has 2 rings (SSSR count). The van der Waals surface area contributed by atoms with Gasteiger partial charge in [-0.1, -0.05) is 18.6 Å². The van der Waals surface area contributed by atoms with Gasteiger partial charge < -0.3 is 5.32 Å². The Morgan fingerprint density at radius 3 is 2.33 bits per heavy atom. The van der Waals surface area contributed by atoms with Gasteiger partial charge in [-0.15, -0.1) is 0 Å². The predicted molar refractivity (Wildman–Crippen MR) is 61.4 cm³/mol. The van der Waals surface area contributed by atoms with Gasteiger partial charge in [0.25, 0.3) is 0 Å². The van der Waals surface area contributed by atoms with Crippen LogP contribution in [0.15, 0.2) is 24.3 Å². The number of hydrogen-bond donors (Lipinski definition) is 1. The van der Waals surface area contributed by atoms with E-state index in [2.05, 4.69) is 5.32 Å². The lowest BCUT2D eigenvalue weighted by Crippen LogP contribution is -2.40. The van der Waals surface area contributed by atoms with Crippen LogP contribution in [0.25, 0.3) is 0 Å². The maximum Gasteiger partial charge on any atom is 0.416 e. The van der Waals surface area contributed by atoms with E-state index in [0.717, 1.165) is 37.9 Å². The summed E-state index contributed by atoms with van der Waals surface area (Å²) in [5, 5.41) is 3.09. The number of Topliss-reactive ketones (excluding diaryl/α,β-unsaturated/α-hetero) is 1. The summed E-state index contributed by atoms with van der Waals surface area (Å²) in [6, 6.07) is 4.16. The smallest absolute Gasteiger partial charge is 0.307 e. The number of nitrogens with one attached hydrogen (secondary N) is 1. The molecular weight excluding hydrogens is 243 g/mol. The van der Waals surface area contributed by atoms with Gasteiger partial charge in [-0.3, -0.25) is 4.79 Å². The number of carbonyl (C=O) groups excluding carboxylic acids is 1. The summed E-state index contributed by atoms with van der Waals surface area (Å²) in [4.78, 5) is 12.0. The van der Waals surface area contributed by atoms with E-state index in [1.807, 2.05) is 0 Å². The summed E-state index contributed by atoms with van der Waals surface area (Å²) in [5.74, 6) is -0.122. The second-order valence-electron chi connectivity index (χ2n) is 4.44. The lowest BCUT2D eigenvalue weighted by atomic mass is 9.96. The van der Waals surface area contributed by atoms with Crippen molar-refractivity contribution in [1.29, 1.82) is 0 Å². The Morgan fingerprint density at radius 2 is 1.83 bits per heavy atom. The number of benzene rings is 1. The molecule has 18 heavy (non-hydrogen) atoms. The monoisotopic (exact) mass is 257 g/mol. The van der Waals surface area contributed by atoms with Crippen LogP contribution in [0.4, 0.5) is 13.2 Å². The number of carbonyl (C=O) groups is 1. The van der Waals surface area contributed by atoms with Crippen LogP contribution in [0.3, 0.4) is 0 Å². The molecule has 1 atom stereocenters. The van der Waals surface area contributed by atoms with Crippen molar-refractivity contribution < 1.29 is 18.0 Å². The van der Waals surface area contributed by atoms with E-state index in [0.29, 0.717) is 5.56 Å². The first-order valence-electron chi connectivity index (χ1n) is 5.93. The number of ketones is 1. The van der Waals surface area contributed by atoms with Crippen molar-refractivity contribution in [2.45, 2.75) is 31.5 Å². The topological polar surface area (TPSA) is 29.1 Å². The highest BCUT2D eigenvalue weighted by molar-refractivity contribution is 6.00. The molecule has 1 aliphatic heterocycles. The SMILES string of the molecule is O=C(c1ccc(C(F)(F)F)cc1)C1CCCCN1. The fourth-order valence-electron chi connectivity index (χ4n) is 2.10. The Hall–Kier alpha value is -1.36. The van der Waals surface area contributed by atoms with Crippen molar-refractivity contribution in [3.05, 3.63) is 35.4 Å². The van der Waals surface area contributed by atoms with Crippen molar-refractivity contribution in [3.8, 4) is 0 Å². The second kappa shape index (κ2) is 5.10. The average Bonchev–Trinajstić information content (AvgIpc) is 2.38. The predicted octanol–water partition coefficient (Wildman–Crippen LogP) is 3.03. The van der Waals surface area contributed by atoms with Crippen LogP contribution < -0.4 is 5.32 Å². The standard InChI is InChI=1S/C13H14F3NO/c14-13(15,16)10-6-4-9(5-7-10)12(18)11-3-1-2-8-17-11/h4-7,11,17H,1-3,8H2. The largest absolute Gasteiger partial charge is 0.416 e. The Morgan fingerprint density at radius 1 is 1.17 bits per heavy atom. The lowest BCUT2D eigenvalue weighted by Gasteiger charge is -2.22. The van der Waals surface area contributed by atoms with Crippen LogP contribution in [-0.2, 0) is 6.18 Å². The quantitative estimate of drug-likeness (QED) is 0.825. The zero-order valence-corrected chi connectivity index (χ0v) is 9.76. The van der Waals surface area contributed by atoms with Crippen LogP contribution >= 0.6 is 0 Å². The summed E-state index contributed by atoms with van der Waals surface area (Å²) in [7, 11) is 0. The third-order valence-electron chi connectivity index (χ3n) is 3.12. The fourth-order valence-corrected chi connectivity index (χ4v) is 2.10. The van der Waals surface area contributed by atoms with Crippen LogP contribution in [-0.4, -0.2) is 18.4 Å². The molecule has 0 radical (unpaired) electrons. The minimum absolute atomic E-state index is 0.122. The number of rotatable bonds is 2. The van der Waals surface area contributed by atoms with E-state index in [1.54, 1.807) is 0 Å². The molecule has 1 fully saturated rings. The Kier molecular flexibility index (Phi) is 3.71. The lowest BCUT2D eigenvalue weighted by molar-refractivity contribution is -0.137. The van der Waals surface area contributed by atoms with Gasteiger partial charge in [0.15, 0.2) is 5.78 Å². The highest BCUT2D eigenvalue weighted by atomic mass is 19.4. The zero-order chi connectivity index (χ0) is 13.2. The minimum Gasteiger partial charge on any atom is -0.307 e. The van der Waals surface area contributed by atoms with E-state index in [1.165, 1.54) is 12.1 Å². The molecule has 1 saturated heterocycles. The molecule has 1 unspecified atom stereocenters. The maximum atomic E-state index is 12.4. The van der Waals surface area contributed by atoms with E-state index in [9.17, 15) is 18.0 Å². The minimum atomic E-state index is -4.36. The van der Waals surface area contributed by atoms with Gasteiger partial charge in [-0.05, 0) is 31.5 Å². The molecule has 98 valence electrons. The summed E-state index contributed by atoms with van der Waals surface area (Å²) < 4.78 is 37.1. The van der Waals surface area contributed by atoms with Crippen molar-refractivity contribution >= 4 is 5.78 Å². The molecule has 0 aliphatic carbocycles. The third kappa shape index (κ3) is 2.90. The molecular formula is C13H14F3NO. The Labute approximate surface area is 103 Å². The number of alkyl halides is 3. The summed E-state index contributed by atoms with van der Waals surface area (Å²) in [6.45, 7) is 0.789. The molecule has 0 aromatic heterocycles. The first-order chi connectivity index (χ1) is 8.48. The van der Waals surface area contributed by atoms with Gasteiger partial charge >= 0.3 is 6.18 Å². The average molecular weight is 257 g/mol. The molecule has 5 heteroatoms. The summed E-state index contributed by atoms with van der Waals surface area (Å²) in [5.41, 5.74) is -0.391. The summed E-state index contributed by atoms with van der Waals surface area (Å²) in [6.07, 6.45) is -1.59. The van der Waals surface area contributed by atoms with Gasteiger partial charge in [-0.25, -0.2) is 0 Å². The second-order valence-corrected chi connectivity index (χ2v) is 4.44. The van der Waals surface area contributed by atoms with Crippen LogP contribution in [0, 0.1) is 0 Å². The van der Waals surface area contributed by atoms with Crippen LogP contribution in [0.1, 0.15) is 35.2 Å². The summed E-state index contributed by atoms with van der Waals surface area (Å²) >= 11 is 0. The van der Waals surface area contributed by atoms with Gasteiger partial charge in [0.05, 0.1) is 11.6 Å². The van der Waals surface area contributed by atoms with Crippen molar-refractivity contribution in [1.82, 2.24) is 5.32 Å². The number of piperidine rings is 1. The molecule has 1 aliphatic rings. The van der Waals surface area contributed by atoms with Crippen molar-refractivity contribution in [2.24, 2.45) is 0 Å². The number of hydrogen-bond acceptors (Lipinski definition) is 2. The molecule has 1 heterocycles. The van der Waals surface area contributed by atoms with Crippen LogP contribution in [0.2, 0.25) is 0 Å². The molecule has 1 N–H and O–H groups in total. The maximum absolute atomic E-state index is 12.4. The van der Waals surface area contributed by atoms with E-state index in [-0.39, 0.29) is 11.8 Å². The highest BCUT2D eigenvalue weighted by Crippen LogP contribution is 2.29. The third-order valence-corrected chi connectivity index (χ3v) is 3.12. The Bertz CT molecular complexity index is 419. The number of halogens is 3. The van der Waals surface area contributed by atoms with Crippen LogP contribution in [0.5, 0.6) is 0 Å². The van der Waals surface area contributed by atoms with Gasteiger partial charge in [0.2, 0.25) is 0 Å². The molecule has 1 aromatic rings. The molecule has 0 amide bonds. The van der Waals surface area contributed by atoms with E-state index >= 15 is 0 Å². The van der Waals surface area contributed by atoms with E-state index in [4.69, 9.17) is 0 Å². The Balaban J connectivity index is 2.11. The molecule has 2 nitrogen and oxygen atoms in total. The van der Waals surface area contributed by atoms with E-state index < -0.39 is 11.7 Å². The molecule has 0 bridgehead atoms. The van der Waals surface area contributed by atoms with Crippen molar-refractivity contribution in [3.63, 3.8) is 0 Å². The van der Waals surface area contributed by atoms with Gasteiger partial charge in [0, 0.05) is 5.56 Å². The molecule has 1 aromatic carbocycles. The van der Waals surface area contributed by atoms with Crippen molar-refractivity contribution in [2.75, 3.05) is 6.54 Å². The first-order valence-corrected chi connectivity index (χ1v) is 5.93. The van der Waals surface area contributed by atoms with Gasteiger partial charge in [0.1, 0.15) is 0 Å². The zero-order valence-electron chi connectivity index (χ0n) is 9.76. The normalized spacial score (nSPS) is 20.7. The highest BCUT2D eigenvalue weighted by Gasteiger charge is 2.30. The first kappa shape index (κ1) is 13.1. The fraction of sp³-hybridized carbons (Fsp3) is 0.462. The molecule has 0 saturated carbocycles. The van der Waals surface area contributed by atoms with Gasteiger partial charge in [-0.2, -0.15) is 13.2 Å². The molecule has 0 spiro atoms.